The summed E-state index contributed by atoms with van der Waals surface area (Å²) in [7, 11) is 0. The normalized spacial score (nSPS) is 16.3. The van der Waals surface area contributed by atoms with Gasteiger partial charge in [-0.15, -0.1) is 0 Å². The fourth-order valence-corrected chi connectivity index (χ4v) is 3.69. The van der Waals surface area contributed by atoms with Crippen molar-refractivity contribution in [2.24, 2.45) is 0 Å². The number of ether oxygens (including phenoxy) is 1. The summed E-state index contributed by atoms with van der Waals surface area (Å²) in [6, 6.07) is 7.47. The van der Waals surface area contributed by atoms with Crippen molar-refractivity contribution in [2.75, 3.05) is 13.2 Å². The molecule has 2 rings (SSSR count). The molecule has 0 aliphatic carbocycles. The molecule has 1 N–H and O–H groups in total. The maximum absolute atomic E-state index is 13.1. The molecule has 178 valence electrons. The van der Waals surface area contributed by atoms with Gasteiger partial charge < -0.3 is 9.84 Å². The van der Waals surface area contributed by atoms with Gasteiger partial charge in [0.25, 0.3) is 5.91 Å². The molecule has 0 radical (unpaired) electrons. The first-order chi connectivity index (χ1) is 15.6. The van der Waals surface area contributed by atoms with Gasteiger partial charge in [-0.1, -0.05) is 63.3 Å². The van der Waals surface area contributed by atoms with E-state index in [4.69, 9.17) is 14.7 Å². The zero-order chi connectivity index (χ0) is 23.0. The number of carboxylic acid groups (broad SMARTS) is 1. The van der Waals surface area contributed by atoms with Gasteiger partial charge in [0.1, 0.15) is 0 Å². The van der Waals surface area contributed by atoms with E-state index in [1.54, 1.807) is 6.07 Å². The molecule has 1 amide bonds. The number of carbonyl (C=O) groups excluding carboxylic acids is 1. The minimum absolute atomic E-state index is 0.0140. The van der Waals surface area contributed by atoms with Crippen LogP contribution in [0.1, 0.15) is 99.9 Å². The van der Waals surface area contributed by atoms with E-state index < -0.39 is 12.3 Å². The van der Waals surface area contributed by atoms with E-state index in [1.807, 2.05) is 18.2 Å². The maximum Gasteiger partial charge on any atom is 0.303 e. The van der Waals surface area contributed by atoms with Crippen LogP contribution in [0.2, 0.25) is 0 Å². The summed E-state index contributed by atoms with van der Waals surface area (Å²) < 4.78 is 5.61. The molecule has 1 atom stereocenters. The molecule has 1 saturated heterocycles. The molecule has 0 spiro atoms. The molecule has 6 heteroatoms. The van der Waals surface area contributed by atoms with Gasteiger partial charge in [0.2, 0.25) is 0 Å². The number of nitrogens with zero attached hydrogens (tertiary/aromatic N) is 1. The fourth-order valence-electron chi connectivity index (χ4n) is 3.69. The summed E-state index contributed by atoms with van der Waals surface area (Å²) in [5, 5.41) is 10.2. The van der Waals surface area contributed by atoms with Crippen molar-refractivity contribution in [3.63, 3.8) is 0 Å². The lowest BCUT2D eigenvalue weighted by Gasteiger charge is -2.29. The largest absolute Gasteiger partial charge is 0.481 e. The van der Waals surface area contributed by atoms with E-state index in [9.17, 15) is 9.59 Å². The number of aliphatic carboxylic acids is 1. The molecule has 0 bridgehead atoms. The Balaban J connectivity index is 1.92. The summed E-state index contributed by atoms with van der Waals surface area (Å²) in [5.74, 6) is -1.15. The topological polar surface area (TPSA) is 76.1 Å². The van der Waals surface area contributed by atoms with Gasteiger partial charge in [-0.05, 0) is 49.8 Å². The first kappa shape index (κ1) is 26.1. The first-order valence-corrected chi connectivity index (χ1v) is 12.2. The third-order valence-corrected chi connectivity index (χ3v) is 5.53. The summed E-state index contributed by atoms with van der Waals surface area (Å²) in [4.78, 5) is 29.8. The zero-order valence-electron chi connectivity index (χ0n) is 19.5. The second-order valence-corrected chi connectivity index (χ2v) is 8.39. The van der Waals surface area contributed by atoms with Gasteiger partial charge >= 0.3 is 5.97 Å². The molecule has 32 heavy (non-hydrogen) atoms. The third-order valence-electron chi connectivity index (χ3n) is 5.53. The Morgan fingerprint density at radius 3 is 2.72 bits per heavy atom. The van der Waals surface area contributed by atoms with Crippen molar-refractivity contribution >= 4 is 18.0 Å². The number of hydrogen-bond donors (Lipinski definition) is 1. The Bertz CT molecular complexity index is 712. The summed E-state index contributed by atoms with van der Waals surface area (Å²) in [6.07, 6.45) is 15.5. The van der Waals surface area contributed by atoms with Crippen molar-refractivity contribution in [1.29, 1.82) is 0 Å². The molecule has 1 heterocycles. The predicted molar refractivity (Wildman–Crippen MR) is 126 cm³/mol. The van der Waals surface area contributed by atoms with Crippen molar-refractivity contribution in [3.05, 3.63) is 41.5 Å². The fraction of sp³-hybridized carbons (Fsp3) is 0.615. The molecular weight excluding hydrogens is 406 g/mol. The van der Waals surface area contributed by atoms with Gasteiger partial charge in [-0.2, -0.15) is 0 Å². The van der Waals surface area contributed by atoms with Crippen LogP contribution in [-0.2, 0) is 14.4 Å². The molecule has 6 nitrogen and oxygen atoms in total. The molecule has 0 aromatic heterocycles. The van der Waals surface area contributed by atoms with Gasteiger partial charge in [-0.25, -0.2) is 9.90 Å². The molecule has 1 fully saturated rings. The van der Waals surface area contributed by atoms with Crippen LogP contribution >= 0.6 is 0 Å². The van der Waals surface area contributed by atoms with Gasteiger partial charge in [0.05, 0.1) is 0 Å². The maximum atomic E-state index is 13.1. The monoisotopic (exact) mass is 445 g/mol. The number of allylic oxidation sites excluding steroid dienone is 1. The number of amides is 1. The molecule has 1 aliphatic rings. The summed E-state index contributed by atoms with van der Waals surface area (Å²) in [5.41, 5.74) is 1.50. The highest BCUT2D eigenvalue weighted by Gasteiger charge is 2.23. The van der Waals surface area contributed by atoms with E-state index >= 15 is 0 Å². The molecule has 1 aliphatic heterocycles. The summed E-state index contributed by atoms with van der Waals surface area (Å²) in [6.45, 7) is 3.05. The van der Waals surface area contributed by atoms with Crippen LogP contribution in [0.15, 0.2) is 30.3 Å². The number of hydroxylamine groups is 2. The molecule has 1 aromatic rings. The van der Waals surface area contributed by atoms with E-state index in [2.05, 4.69) is 19.1 Å². The van der Waals surface area contributed by atoms with Crippen LogP contribution < -0.4 is 0 Å². The van der Waals surface area contributed by atoms with Crippen molar-refractivity contribution in [3.8, 4) is 0 Å². The molecule has 1 aromatic carbocycles. The summed E-state index contributed by atoms with van der Waals surface area (Å²) >= 11 is 0. The first-order valence-electron chi connectivity index (χ1n) is 12.2. The van der Waals surface area contributed by atoms with Crippen LogP contribution in [-0.4, -0.2) is 41.5 Å². The Morgan fingerprint density at radius 1 is 1.16 bits per heavy atom. The number of carboxylic acids is 1. The Morgan fingerprint density at radius 2 is 1.97 bits per heavy atom. The minimum atomic E-state index is -0.885. The minimum Gasteiger partial charge on any atom is -0.481 e. The number of hydrogen-bond acceptors (Lipinski definition) is 4. The van der Waals surface area contributed by atoms with Crippen LogP contribution in [0.25, 0.3) is 6.08 Å². The van der Waals surface area contributed by atoms with Crippen LogP contribution in [0, 0.1) is 0 Å². The predicted octanol–water partition coefficient (Wildman–Crippen LogP) is 6.22. The van der Waals surface area contributed by atoms with Gasteiger partial charge in [-0.3, -0.25) is 9.59 Å². The second-order valence-electron chi connectivity index (χ2n) is 8.39. The second kappa shape index (κ2) is 15.6. The number of benzene rings is 1. The van der Waals surface area contributed by atoms with E-state index in [0.717, 1.165) is 31.2 Å². The Kier molecular flexibility index (Phi) is 12.7. The lowest BCUT2D eigenvalue weighted by atomic mass is 10.1. The highest BCUT2D eigenvalue weighted by molar-refractivity contribution is 5.94. The van der Waals surface area contributed by atoms with E-state index in [-0.39, 0.29) is 18.9 Å². The third kappa shape index (κ3) is 10.4. The SMILES string of the molecule is CCCCCCCC/C=C\c1cccc(C(=O)N(CCCC(=O)O)OC2CCCCO2)c1. The zero-order valence-corrected chi connectivity index (χ0v) is 19.5. The smallest absolute Gasteiger partial charge is 0.303 e. The standard InChI is InChI=1S/C26H39NO5/c1-2-3-4-5-6-7-8-9-14-22-15-12-16-23(21-22)26(30)27(19-13-17-24(28)29)32-25-18-10-11-20-31-25/h9,12,14-16,21,25H,2-8,10-11,13,17-20H2,1H3,(H,28,29)/b14-9-. The van der Waals surface area contributed by atoms with Crippen molar-refractivity contribution < 1.29 is 24.3 Å². The van der Waals surface area contributed by atoms with Crippen molar-refractivity contribution in [2.45, 2.75) is 90.3 Å². The Labute approximate surface area is 192 Å². The van der Waals surface area contributed by atoms with Crippen LogP contribution in [0.4, 0.5) is 0 Å². The molecule has 0 saturated carbocycles. The molecule has 1 unspecified atom stereocenters. The van der Waals surface area contributed by atoms with Crippen LogP contribution in [0.3, 0.4) is 0 Å². The highest BCUT2D eigenvalue weighted by Crippen LogP contribution is 2.18. The lowest BCUT2D eigenvalue weighted by Crippen LogP contribution is -2.38. The van der Waals surface area contributed by atoms with Gasteiger partial charge in [0.15, 0.2) is 6.29 Å². The van der Waals surface area contributed by atoms with Gasteiger partial charge in [0, 0.05) is 31.6 Å². The average Bonchev–Trinajstić information content (AvgIpc) is 2.80. The van der Waals surface area contributed by atoms with E-state index in [0.29, 0.717) is 18.6 Å². The lowest BCUT2D eigenvalue weighted by molar-refractivity contribution is -0.267. The highest BCUT2D eigenvalue weighted by atomic mass is 16.8. The molecular formula is C26H39NO5. The average molecular weight is 446 g/mol. The quantitative estimate of drug-likeness (QED) is 0.256. The van der Waals surface area contributed by atoms with Crippen LogP contribution in [0.5, 0.6) is 0 Å². The number of carbonyl (C=O) groups is 2. The number of unbranched alkanes of at least 4 members (excludes halogenated alkanes) is 6. The Hall–Kier alpha value is -2.18. The number of rotatable bonds is 15. The van der Waals surface area contributed by atoms with Crippen molar-refractivity contribution in [1.82, 2.24) is 5.06 Å². The van der Waals surface area contributed by atoms with E-state index in [1.165, 1.54) is 43.6 Å².